The quantitative estimate of drug-likeness (QED) is 0.158. The Balaban J connectivity index is 1.05. The van der Waals surface area contributed by atoms with Gasteiger partial charge >= 0.3 is 0 Å². The average molecular weight is 824 g/mol. The van der Waals surface area contributed by atoms with Crippen LogP contribution in [-0.2, 0) is 0 Å². The number of aromatic nitrogens is 2. The van der Waals surface area contributed by atoms with E-state index >= 15 is 0 Å². The Morgan fingerprint density at radius 1 is 0.231 bits per heavy atom. The molecule has 3 heteroatoms. The number of fused-ring (bicyclic) bond motifs is 6. The minimum atomic E-state index is 1.13. The summed E-state index contributed by atoms with van der Waals surface area (Å²) >= 11 is 0. The van der Waals surface area contributed by atoms with Crippen LogP contribution < -0.4 is 4.90 Å². The average Bonchev–Trinajstić information content (AvgIpc) is 3.89. The first kappa shape index (κ1) is 34.9. The molecule has 0 saturated carbocycles. The van der Waals surface area contributed by atoms with E-state index in [1.807, 2.05) is 0 Å². The predicted molar refractivity (Wildman–Crippen MR) is 277 cm³/mol. The van der Waals surface area contributed by atoms with Crippen LogP contribution in [0.1, 0.15) is 0 Å². The largest absolute Gasteiger partial charge is 0.309 e. The fraction of sp³-hybridized carbons (Fsp3) is 0. The van der Waals surface area contributed by atoms with Crippen molar-refractivity contribution in [1.82, 2.24) is 9.13 Å². The van der Waals surface area contributed by atoms with Crippen molar-refractivity contribution in [2.24, 2.45) is 0 Å². The Morgan fingerprint density at radius 3 is 1.32 bits per heavy atom. The summed E-state index contributed by atoms with van der Waals surface area (Å²) in [6, 6.07) is 83.6. The van der Waals surface area contributed by atoms with Crippen molar-refractivity contribution in [3.8, 4) is 11.4 Å². The van der Waals surface area contributed by atoms with Crippen molar-refractivity contribution in [2.45, 2.75) is 0 Å². The highest BCUT2D eigenvalue weighted by molar-refractivity contribution is 6.29. The van der Waals surface area contributed by atoms with Gasteiger partial charge in [0, 0.05) is 43.7 Å². The zero-order valence-electron chi connectivity index (χ0n) is 35.2. The van der Waals surface area contributed by atoms with Crippen LogP contribution in [0.15, 0.2) is 224 Å². The van der Waals surface area contributed by atoms with E-state index in [4.69, 9.17) is 0 Å². The third-order valence-corrected chi connectivity index (χ3v) is 14.3. The molecule has 65 heavy (non-hydrogen) atoms. The van der Waals surface area contributed by atoms with E-state index < -0.39 is 0 Å². The van der Waals surface area contributed by atoms with E-state index in [1.165, 1.54) is 103 Å². The van der Waals surface area contributed by atoms with Crippen LogP contribution in [0.5, 0.6) is 0 Å². The molecule has 0 N–H and O–H groups in total. The van der Waals surface area contributed by atoms with E-state index in [1.54, 1.807) is 0 Å². The number of anilines is 3. The Hall–Kier alpha value is -8.66. The summed E-state index contributed by atoms with van der Waals surface area (Å²) in [5, 5.41) is 20.2. The van der Waals surface area contributed by atoms with E-state index in [-0.39, 0.29) is 0 Å². The molecule has 0 radical (unpaired) electrons. The summed E-state index contributed by atoms with van der Waals surface area (Å²) in [5.74, 6) is 0. The lowest BCUT2D eigenvalue weighted by atomic mass is 9.91. The smallest absolute Gasteiger partial charge is 0.0562 e. The molecule has 0 spiro atoms. The van der Waals surface area contributed by atoms with Crippen molar-refractivity contribution in [2.75, 3.05) is 4.90 Å². The van der Waals surface area contributed by atoms with Gasteiger partial charge in [-0.2, -0.15) is 0 Å². The number of hydrogen-bond acceptors (Lipinski definition) is 1. The van der Waals surface area contributed by atoms with E-state index in [0.717, 1.165) is 34.0 Å². The van der Waals surface area contributed by atoms with Gasteiger partial charge in [-0.3, -0.25) is 0 Å². The fourth-order valence-corrected chi connectivity index (χ4v) is 11.6. The molecule has 15 rings (SSSR count). The maximum Gasteiger partial charge on any atom is 0.0562 e. The molecule has 0 aliphatic heterocycles. The maximum atomic E-state index is 2.58. The van der Waals surface area contributed by atoms with Gasteiger partial charge in [-0.1, -0.05) is 158 Å². The number of benzene rings is 13. The minimum Gasteiger partial charge on any atom is -0.309 e. The predicted octanol–water partition coefficient (Wildman–Crippen LogP) is 17.1. The van der Waals surface area contributed by atoms with E-state index in [9.17, 15) is 0 Å². The van der Waals surface area contributed by atoms with Gasteiger partial charge < -0.3 is 14.0 Å². The molecule has 0 atom stereocenters. The molecule has 2 aromatic heterocycles. The van der Waals surface area contributed by atoms with Crippen LogP contribution in [0.4, 0.5) is 17.1 Å². The van der Waals surface area contributed by atoms with E-state index in [0.29, 0.717) is 0 Å². The van der Waals surface area contributed by atoms with Crippen molar-refractivity contribution >= 4 is 125 Å². The van der Waals surface area contributed by atoms with Gasteiger partial charge in [0.25, 0.3) is 0 Å². The SMILES string of the molecule is c1ccc(-n2c3ccccc3c3cc(-n4c5ccccc5c5c(N(c6ccc7ccc8cccc9ccc6c7c89)c6ccc7ccc8cccc9ccc6c7c89)cccc54)ccc32)cc1. The number of hydrogen-bond donors (Lipinski definition) is 0. The molecule has 0 bridgehead atoms. The molecule has 15 aromatic rings. The first-order chi connectivity index (χ1) is 32.3. The first-order valence-electron chi connectivity index (χ1n) is 22.5. The van der Waals surface area contributed by atoms with Gasteiger partial charge in [0.1, 0.15) is 0 Å². The van der Waals surface area contributed by atoms with Gasteiger partial charge in [0.05, 0.1) is 39.1 Å². The topological polar surface area (TPSA) is 13.1 Å². The fourth-order valence-electron chi connectivity index (χ4n) is 11.6. The van der Waals surface area contributed by atoms with Crippen molar-refractivity contribution in [1.29, 1.82) is 0 Å². The molecule has 0 amide bonds. The maximum absolute atomic E-state index is 2.58. The third kappa shape index (κ3) is 4.74. The summed E-state index contributed by atoms with van der Waals surface area (Å²) < 4.78 is 4.87. The highest BCUT2D eigenvalue weighted by Crippen LogP contribution is 2.51. The second-order valence-electron chi connectivity index (χ2n) is 17.6. The number of nitrogens with zero attached hydrogens (tertiary/aromatic N) is 3. The zero-order chi connectivity index (χ0) is 42.3. The monoisotopic (exact) mass is 823 g/mol. The van der Waals surface area contributed by atoms with Crippen LogP contribution >= 0.6 is 0 Å². The molecular weight excluding hydrogens is 787 g/mol. The van der Waals surface area contributed by atoms with Crippen LogP contribution in [0.2, 0.25) is 0 Å². The molecule has 13 aromatic carbocycles. The lowest BCUT2D eigenvalue weighted by Gasteiger charge is -2.30. The standard InChI is InChI=1S/C62H37N3/c1-2-15-44(16-3-1)63-51-19-6-4-17-46(51)50-37-45(31-36-55(50)63)64-52-20-7-5-18-47(52)62-56(64)21-10-22-57(62)65(53-34-29-42-25-23-38-11-8-13-40-27-32-48(53)60(42)58(38)40)54-35-30-43-26-24-39-12-9-14-41-28-33-49(54)61(43)59(39)41/h1-37H. The number of rotatable bonds is 5. The van der Waals surface area contributed by atoms with Crippen molar-refractivity contribution < 1.29 is 0 Å². The highest BCUT2D eigenvalue weighted by atomic mass is 15.2. The van der Waals surface area contributed by atoms with Gasteiger partial charge in [0.15, 0.2) is 0 Å². The molecule has 2 heterocycles. The summed E-state index contributed by atoms with van der Waals surface area (Å²) in [6.45, 7) is 0. The molecule has 300 valence electrons. The number of para-hydroxylation sites is 3. The Labute approximate surface area is 373 Å². The normalized spacial score (nSPS) is 12.3. The summed E-state index contributed by atoms with van der Waals surface area (Å²) in [4.78, 5) is 2.58. The van der Waals surface area contributed by atoms with Crippen LogP contribution in [0, 0.1) is 0 Å². The van der Waals surface area contributed by atoms with Crippen molar-refractivity contribution in [3.63, 3.8) is 0 Å². The van der Waals surface area contributed by atoms with E-state index in [2.05, 4.69) is 238 Å². The molecule has 0 unspecified atom stereocenters. The zero-order valence-corrected chi connectivity index (χ0v) is 35.2. The first-order valence-corrected chi connectivity index (χ1v) is 22.5. The second kappa shape index (κ2) is 12.9. The van der Waals surface area contributed by atoms with Crippen LogP contribution in [-0.4, -0.2) is 9.13 Å². The van der Waals surface area contributed by atoms with Crippen LogP contribution in [0.25, 0.3) is 120 Å². The lowest BCUT2D eigenvalue weighted by Crippen LogP contribution is -2.12. The molecule has 0 saturated heterocycles. The second-order valence-corrected chi connectivity index (χ2v) is 17.6. The molecule has 0 fully saturated rings. The summed E-state index contributed by atoms with van der Waals surface area (Å²) in [7, 11) is 0. The molecular formula is C62H37N3. The molecule has 3 nitrogen and oxygen atoms in total. The van der Waals surface area contributed by atoms with Crippen LogP contribution in [0.3, 0.4) is 0 Å². The van der Waals surface area contributed by atoms with Gasteiger partial charge in [0.2, 0.25) is 0 Å². The van der Waals surface area contributed by atoms with Gasteiger partial charge in [-0.05, 0) is 121 Å². The highest BCUT2D eigenvalue weighted by Gasteiger charge is 2.26. The minimum absolute atomic E-state index is 1.13. The van der Waals surface area contributed by atoms with Gasteiger partial charge in [-0.15, -0.1) is 0 Å². The van der Waals surface area contributed by atoms with Gasteiger partial charge in [-0.25, -0.2) is 0 Å². The molecule has 0 aliphatic rings. The Kier molecular flexibility index (Phi) is 6.95. The summed E-state index contributed by atoms with van der Waals surface area (Å²) in [5.41, 5.74) is 10.5. The Morgan fingerprint density at radius 2 is 0.692 bits per heavy atom. The third-order valence-electron chi connectivity index (χ3n) is 14.3. The molecule has 0 aliphatic carbocycles. The van der Waals surface area contributed by atoms with Crippen molar-refractivity contribution in [3.05, 3.63) is 224 Å². The Bertz CT molecular complexity index is 4240. The lowest BCUT2D eigenvalue weighted by molar-refractivity contribution is 1.16. The summed E-state index contributed by atoms with van der Waals surface area (Å²) in [6.07, 6.45) is 0.